The first kappa shape index (κ1) is 17.0. The maximum atomic E-state index is 12.1. The van der Waals surface area contributed by atoms with E-state index in [1.165, 1.54) is 12.0 Å². The molecule has 0 spiro atoms. The molecule has 0 aliphatic carbocycles. The van der Waals surface area contributed by atoms with Crippen LogP contribution in [-0.4, -0.2) is 18.5 Å². The molecule has 112 valence electrons. The van der Waals surface area contributed by atoms with Crippen LogP contribution in [0.5, 0.6) is 0 Å². The van der Waals surface area contributed by atoms with Crippen molar-refractivity contribution in [2.45, 2.75) is 51.1 Å². The van der Waals surface area contributed by atoms with E-state index in [4.69, 9.17) is 0 Å². The van der Waals surface area contributed by atoms with Gasteiger partial charge in [0.15, 0.2) is 0 Å². The molecule has 20 heavy (non-hydrogen) atoms. The second-order valence-corrected chi connectivity index (χ2v) is 5.32. The molecule has 2 N–H and O–H groups in total. The van der Waals surface area contributed by atoms with Crippen molar-refractivity contribution in [3.63, 3.8) is 0 Å². The predicted octanol–water partition coefficient (Wildman–Crippen LogP) is 3.21. The molecule has 0 aromatic heterocycles. The molecule has 0 radical (unpaired) electrons. The normalized spacial score (nSPS) is 19.1. The van der Waals surface area contributed by atoms with Gasteiger partial charge in [-0.25, -0.2) is 0 Å². The summed E-state index contributed by atoms with van der Waals surface area (Å²) in [6.45, 7) is 3.20. The van der Waals surface area contributed by atoms with E-state index < -0.39 is 0 Å². The van der Waals surface area contributed by atoms with Crippen molar-refractivity contribution >= 4 is 18.3 Å². The molecule has 1 amide bonds. The molecule has 1 fully saturated rings. The quantitative estimate of drug-likeness (QED) is 0.846. The van der Waals surface area contributed by atoms with Crippen LogP contribution in [0.15, 0.2) is 30.3 Å². The Morgan fingerprint density at radius 3 is 2.75 bits per heavy atom. The van der Waals surface area contributed by atoms with Gasteiger partial charge in [-0.3, -0.25) is 4.79 Å². The van der Waals surface area contributed by atoms with Crippen LogP contribution >= 0.6 is 12.4 Å². The van der Waals surface area contributed by atoms with Crippen LogP contribution in [-0.2, 0) is 4.79 Å². The molecule has 1 saturated heterocycles. The van der Waals surface area contributed by atoms with Crippen molar-refractivity contribution < 1.29 is 4.79 Å². The summed E-state index contributed by atoms with van der Waals surface area (Å²) in [6.07, 6.45) is 4.98. The Bertz CT molecular complexity index is 391. The van der Waals surface area contributed by atoms with Crippen molar-refractivity contribution in [3.8, 4) is 0 Å². The highest BCUT2D eigenvalue weighted by Crippen LogP contribution is 2.19. The predicted molar refractivity (Wildman–Crippen MR) is 85.1 cm³/mol. The van der Waals surface area contributed by atoms with Crippen molar-refractivity contribution in [3.05, 3.63) is 35.9 Å². The maximum absolute atomic E-state index is 12.1. The van der Waals surface area contributed by atoms with E-state index in [0.29, 0.717) is 12.5 Å². The average Bonchev–Trinajstić information content (AvgIpc) is 2.92. The summed E-state index contributed by atoms with van der Waals surface area (Å²) < 4.78 is 0. The second-order valence-electron chi connectivity index (χ2n) is 5.32. The molecule has 2 unspecified atom stereocenters. The molecule has 1 heterocycles. The Morgan fingerprint density at radius 1 is 1.40 bits per heavy atom. The summed E-state index contributed by atoms with van der Waals surface area (Å²) >= 11 is 0. The molecular weight excluding hydrogens is 272 g/mol. The lowest BCUT2D eigenvalue weighted by atomic mass is 10.0. The van der Waals surface area contributed by atoms with E-state index in [0.717, 1.165) is 25.8 Å². The lowest BCUT2D eigenvalue weighted by molar-refractivity contribution is -0.122. The summed E-state index contributed by atoms with van der Waals surface area (Å²) in [4.78, 5) is 12.1. The zero-order valence-electron chi connectivity index (χ0n) is 12.1. The first-order valence-corrected chi connectivity index (χ1v) is 7.37. The zero-order chi connectivity index (χ0) is 13.5. The number of rotatable bonds is 6. The van der Waals surface area contributed by atoms with E-state index in [1.54, 1.807) is 0 Å². The Hall–Kier alpha value is -1.06. The molecule has 3 nitrogen and oxygen atoms in total. The van der Waals surface area contributed by atoms with Crippen LogP contribution in [0.2, 0.25) is 0 Å². The molecule has 4 heteroatoms. The molecule has 1 aromatic rings. The Balaban J connectivity index is 0.00000200. The van der Waals surface area contributed by atoms with Gasteiger partial charge in [-0.1, -0.05) is 43.7 Å². The van der Waals surface area contributed by atoms with Gasteiger partial charge in [0, 0.05) is 12.5 Å². The first-order chi connectivity index (χ1) is 9.29. The fourth-order valence-corrected chi connectivity index (χ4v) is 2.70. The highest BCUT2D eigenvalue weighted by atomic mass is 35.5. The minimum Gasteiger partial charge on any atom is -0.349 e. The Morgan fingerprint density at radius 2 is 2.15 bits per heavy atom. The highest BCUT2D eigenvalue weighted by Gasteiger charge is 2.20. The third kappa shape index (κ3) is 5.14. The van der Waals surface area contributed by atoms with Crippen LogP contribution in [0.3, 0.4) is 0 Å². The number of carbonyl (C=O) groups excluding carboxylic acids is 1. The SMILES string of the molecule is CCCC(NC(=O)CC1CCCN1)c1ccccc1.Cl. The van der Waals surface area contributed by atoms with E-state index in [1.807, 2.05) is 18.2 Å². The summed E-state index contributed by atoms with van der Waals surface area (Å²) in [5, 5.41) is 6.55. The van der Waals surface area contributed by atoms with Crippen molar-refractivity contribution in [1.29, 1.82) is 0 Å². The third-order valence-electron chi connectivity index (χ3n) is 3.71. The molecule has 0 saturated carbocycles. The maximum Gasteiger partial charge on any atom is 0.222 e. The van der Waals surface area contributed by atoms with Crippen molar-refractivity contribution in [2.24, 2.45) is 0 Å². The average molecular weight is 297 g/mol. The fraction of sp³-hybridized carbons (Fsp3) is 0.562. The van der Waals surface area contributed by atoms with Gasteiger partial charge in [0.1, 0.15) is 0 Å². The van der Waals surface area contributed by atoms with E-state index in [-0.39, 0.29) is 24.4 Å². The Kier molecular flexibility index (Phi) is 7.63. The van der Waals surface area contributed by atoms with Gasteiger partial charge in [0.05, 0.1) is 6.04 Å². The first-order valence-electron chi connectivity index (χ1n) is 7.37. The second kappa shape index (κ2) is 8.98. The van der Waals surface area contributed by atoms with Gasteiger partial charge in [-0.2, -0.15) is 0 Å². The van der Waals surface area contributed by atoms with Gasteiger partial charge in [-0.15, -0.1) is 12.4 Å². The van der Waals surface area contributed by atoms with Gasteiger partial charge >= 0.3 is 0 Å². The van der Waals surface area contributed by atoms with E-state index >= 15 is 0 Å². The van der Waals surface area contributed by atoms with E-state index in [9.17, 15) is 4.79 Å². The fourth-order valence-electron chi connectivity index (χ4n) is 2.70. The number of nitrogens with one attached hydrogen (secondary N) is 2. The number of hydrogen-bond acceptors (Lipinski definition) is 2. The molecular formula is C16H25ClN2O. The summed E-state index contributed by atoms with van der Waals surface area (Å²) in [6, 6.07) is 10.8. The molecule has 0 bridgehead atoms. The van der Waals surface area contributed by atoms with Crippen LogP contribution in [0.25, 0.3) is 0 Å². The van der Waals surface area contributed by atoms with Crippen molar-refractivity contribution in [1.82, 2.24) is 10.6 Å². The lowest BCUT2D eigenvalue weighted by Crippen LogP contribution is -2.34. The molecule has 2 rings (SSSR count). The Labute approximate surface area is 127 Å². The van der Waals surface area contributed by atoms with Crippen LogP contribution in [0.1, 0.15) is 50.6 Å². The summed E-state index contributed by atoms with van der Waals surface area (Å²) in [5.41, 5.74) is 1.21. The summed E-state index contributed by atoms with van der Waals surface area (Å²) in [7, 11) is 0. The smallest absolute Gasteiger partial charge is 0.222 e. The zero-order valence-corrected chi connectivity index (χ0v) is 12.9. The van der Waals surface area contributed by atoms with Crippen LogP contribution < -0.4 is 10.6 Å². The van der Waals surface area contributed by atoms with Crippen molar-refractivity contribution in [2.75, 3.05) is 6.54 Å². The van der Waals surface area contributed by atoms with Crippen LogP contribution in [0.4, 0.5) is 0 Å². The molecule has 1 aliphatic heterocycles. The van der Waals surface area contributed by atoms with Gasteiger partial charge in [0.25, 0.3) is 0 Å². The van der Waals surface area contributed by atoms with Gasteiger partial charge in [-0.05, 0) is 31.4 Å². The lowest BCUT2D eigenvalue weighted by Gasteiger charge is -2.20. The van der Waals surface area contributed by atoms with Gasteiger partial charge in [0.2, 0.25) is 5.91 Å². The topological polar surface area (TPSA) is 41.1 Å². The minimum absolute atomic E-state index is 0. The van der Waals surface area contributed by atoms with E-state index in [2.05, 4.69) is 29.7 Å². The number of carbonyl (C=O) groups is 1. The number of benzene rings is 1. The highest BCUT2D eigenvalue weighted by molar-refractivity contribution is 5.85. The number of halogens is 1. The molecule has 1 aliphatic rings. The number of amides is 1. The third-order valence-corrected chi connectivity index (χ3v) is 3.71. The van der Waals surface area contributed by atoms with Gasteiger partial charge < -0.3 is 10.6 Å². The number of hydrogen-bond donors (Lipinski definition) is 2. The monoisotopic (exact) mass is 296 g/mol. The van der Waals surface area contributed by atoms with Crippen LogP contribution in [0, 0.1) is 0 Å². The largest absolute Gasteiger partial charge is 0.349 e. The minimum atomic E-state index is 0. The molecule has 2 atom stereocenters. The summed E-state index contributed by atoms with van der Waals surface area (Å²) in [5.74, 6) is 0.168. The molecule has 1 aromatic carbocycles. The standard InChI is InChI=1S/C16H24N2O.ClH/c1-2-7-15(13-8-4-3-5-9-13)18-16(19)12-14-10-6-11-17-14;/h3-5,8-9,14-15,17H,2,6-7,10-12H2,1H3,(H,18,19);1H.